The van der Waals surface area contributed by atoms with Crippen LogP contribution >= 0.6 is 11.6 Å². The van der Waals surface area contributed by atoms with Crippen molar-refractivity contribution in [3.05, 3.63) is 28.8 Å². The van der Waals surface area contributed by atoms with E-state index in [1.165, 1.54) is 19.3 Å². The summed E-state index contributed by atoms with van der Waals surface area (Å²) in [6, 6.07) is 5.59. The third kappa shape index (κ3) is 3.45. The van der Waals surface area contributed by atoms with Crippen molar-refractivity contribution in [2.45, 2.75) is 33.1 Å². The first-order chi connectivity index (χ1) is 9.49. The Hall–Kier alpha value is -1.22. The van der Waals surface area contributed by atoms with E-state index in [1.54, 1.807) is 6.07 Å². The highest BCUT2D eigenvalue weighted by Gasteiger charge is 2.21. The highest BCUT2D eigenvalue weighted by molar-refractivity contribution is 6.31. The number of rotatable bonds is 3. The number of nitrogen functional groups attached to an aromatic ring is 1. The standard InChI is InChI=1S/C16H24ClN3/c1-11(2)12-4-3-8-20(9-7-12)15-10-13(17)5-6-14(15)16(18)19/h5-6,10-12H,3-4,7-9H2,1-2H3,(H3,18,19). The van der Waals surface area contributed by atoms with E-state index in [9.17, 15) is 0 Å². The van der Waals surface area contributed by atoms with Crippen molar-refractivity contribution < 1.29 is 0 Å². The fourth-order valence-electron chi connectivity index (χ4n) is 3.02. The zero-order valence-electron chi connectivity index (χ0n) is 12.3. The van der Waals surface area contributed by atoms with Gasteiger partial charge in [-0.25, -0.2) is 0 Å². The second-order valence-electron chi connectivity index (χ2n) is 6.00. The van der Waals surface area contributed by atoms with E-state index >= 15 is 0 Å². The smallest absolute Gasteiger partial charge is 0.124 e. The lowest BCUT2D eigenvalue weighted by Crippen LogP contribution is -2.27. The first kappa shape index (κ1) is 15.2. The average Bonchev–Trinajstić information content (AvgIpc) is 2.63. The molecule has 0 amide bonds. The summed E-state index contributed by atoms with van der Waals surface area (Å²) in [6.45, 7) is 6.65. The highest BCUT2D eigenvalue weighted by atomic mass is 35.5. The predicted octanol–water partition coefficient (Wildman–Crippen LogP) is 3.89. The molecule has 0 spiro atoms. The molecule has 0 bridgehead atoms. The molecule has 1 fully saturated rings. The molecule has 2 rings (SSSR count). The summed E-state index contributed by atoms with van der Waals surface area (Å²) >= 11 is 6.12. The minimum absolute atomic E-state index is 0.112. The Morgan fingerprint density at radius 1 is 1.35 bits per heavy atom. The fourth-order valence-corrected chi connectivity index (χ4v) is 3.19. The predicted molar refractivity (Wildman–Crippen MR) is 86.9 cm³/mol. The third-order valence-electron chi connectivity index (χ3n) is 4.31. The van der Waals surface area contributed by atoms with Gasteiger partial charge in [-0.15, -0.1) is 0 Å². The zero-order chi connectivity index (χ0) is 14.7. The fraction of sp³-hybridized carbons (Fsp3) is 0.562. The van der Waals surface area contributed by atoms with Crippen LogP contribution in [-0.4, -0.2) is 18.9 Å². The Morgan fingerprint density at radius 2 is 2.10 bits per heavy atom. The van der Waals surface area contributed by atoms with E-state index in [2.05, 4.69) is 18.7 Å². The lowest BCUT2D eigenvalue weighted by molar-refractivity contribution is 0.351. The van der Waals surface area contributed by atoms with Crippen LogP contribution in [0.3, 0.4) is 0 Å². The topological polar surface area (TPSA) is 53.1 Å². The Morgan fingerprint density at radius 3 is 2.75 bits per heavy atom. The summed E-state index contributed by atoms with van der Waals surface area (Å²) in [6.07, 6.45) is 3.67. The molecule has 1 aromatic rings. The first-order valence-electron chi connectivity index (χ1n) is 7.38. The van der Waals surface area contributed by atoms with Crippen LogP contribution in [0.2, 0.25) is 5.02 Å². The number of nitrogens with zero attached hydrogens (tertiary/aromatic N) is 1. The third-order valence-corrected chi connectivity index (χ3v) is 4.54. The molecule has 3 nitrogen and oxygen atoms in total. The Balaban J connectivity index is 2.23. The molecule has 20 heavy (non-hydrogen) atoms. The molecule has 1 heterocycles. The maximum absolute atomic E-state index is 7.74. The van der Waals surface area contributed by atoms with E-state index in [-0.39, 0.29) is 5.84 Å². The number of benzene rings is 1. The van der Waals surface area contributed by atoms with Crippen LogP contribution in [0.5, 0.6) is 0 Å². The van der Waals surface area contributed by atoms with Crippen LogP contribution < -0.4 is 10.6 Å². The molecule has 4 heteroatoms. The van der Waals surface area contributed by atoms with Crippen LogP contribution in [-0.2, 0) is 0 Å². The van der Waals surface area contributed by atoms with Gasteiger partial charge in [0.2, 0.25) is 0 Å². The van der Waals surface area contributed by atoms with Gasteiger partial charge in [0.15, 0.2) is 0 Å². The molecule has 1 unspecified atom stereocenters. The number of anilines is 1. The van der Waals surface area contributed by atoms with Gasteiger partial charge in [-0.05, 0) is 49.3 Å². The minimum Gasteiger partial charge on any atom is -0.384 e. The Bertz CT molecular complexity index is 485. The molecular formula is C16H24ClN3. The second-order valence-corrected chi connectivity index (χ2v) is 6.43. The summed E-state index contributed by atoms with van der Waals surface area (Å²) in [5.74, 6) is 1.64. The number of halogens is 1. The number of amidine groups is 1. The van der Waals surface area contributed by atoms with Crippen molar-refractivity contribution in [2.24, 2.45) is 17.6 Å². The Labute approximate surface area is 126 Å². The van der Waals surface area contributed by atoms with Crippen molar-refractivity contribution in [3.8, 4) is 0 Å². The van der Waals surface area contributed by atoms with Crippen molar-refractivity contribution in [3.63, 3.8) is 0 Å². The molecule has 1 aliphatic rings. The van der Waals surface area contributed by atoms with Gasteiger partial charge >= 0.3 is 0 Å². The number of hydrogen-bond acceptors (Lipinski definition) is 2. The number of nitrogens with one attached hydrogen (secondary N) is 1. The maximum Gasteiger partial charge on any atom is 0.124 e. The van der Waals surface area contributed by atoms with E-state index in [0.717, 1.165) is 36.2 Å². The highest BCUT2D eigenvalue weighted by Crippen LogP contribution is 2.30. The lowest BCUT2D eigenvalue weighted by Gasteiger charge is -2.26. The van der Waals surface area contributed by atoms with Crippen LogP contribution in [0, 0.1) is 17.2 Å². The average molecular weight is 294 g/mol. The van der Waals surface area contributed by atoms with Crippen LogP contribution in [0.15, 0.2) is 18.2 Å². The van der Waals surface area contributed by atoms with Crippen LogP contribution in [0.4, 0.5) is 5.69 Å². The first-order valence-corrected chi connectivity index (χ1v) is 7.75. The van der Waals surface area contributed by atoms with Crippen LogP contribution in [0.25, 0.3) is 0 Å². The SMILES string of the molecule is CC(C)C1CCCN(c2cc(Cl)ccc2C(=N)N)CC1. The summed E-state index contributed by atoms with van der Waals surface area (Å²) in [5, 5.41) is 8.44. The quantitative estimate of drug-likeness (QED) is 0.656. The van der Waals surface area contributed by atoms with Crippen molar-refractivity contribution in [1.82, 2.24) is 0 Å². The molecule has 110 valence electrons. The van der Waals surface area contributed by atoms with E-state index in [4.69, 9.17) is 22.7 Å². The maximum atomic E-state index is 7.74. The summed E-state index contributed by atoms with van der Waals surface area (Å²) < 4.78 is 0. The lowest BCUT2D eigenvalue weighted by atomic mass is 9.89. The van der Waals surface area contributed by atoms with E-state index in [0.29, 0.717) is 5.02 Å². The molecule has 1 atom stereocenters. The molecule has 0 saturated carbocycles. The van der Waals surface area contributed by atoms with Crippen molar-refractivity contribution >= 4 is 23.1 Å². The largest absolute Gasteiger partial charge is 0.384 e. The van der Waals surface area contributed by atoms with Gasteiger partial charge in [0.1, 0.15) is 5.84 Å². The molecule has 0 radical (unpaired) electrons. The normalized spacial score (nSPS) is 20.0. The van der Waals surface area contributed by atoms with E-state index in [1.807, 2.05) is 12.1 Å². The summed E-state index contributed by atoms with van der Waals surface area (Å²) in [4.78, 5) is 2.34. The van der Waals surface area contributed by atoms with Crippen LogP contribution in [0.1, 0.15) is 38.7 Å². The molecule has 1 aliphatic heterocycles. The summed E-state index contributed by atoms with van der Waals surface area (Å²) in [7, 11) is 0. The minimum atomic E-state index is 0.112. The molecule has 0 aromatic heterocycles. The monoisotopic (exact) mass is 293 g/mol. The van der Waals surface area contributed by atoms with Gasteiger partial charge in [0.25, 0.3) is 0 Å². The van der Waals surface area contributed by atoms with Gasteiger partial charge < -0.3 is 10.6 Å². The molecular weight excluding hydrogens is 270 g/mol. The number of nitrogens with two attached hydrogens (primary N) is 1. The second kappa shape index (κ2) is 6.49. The molecule has 1 saturated heterocycles. The summed E-state index contributed by atoms with van der Waals surface area (Å²) in [5.41, 5.74) is 7.50. The molecule has 3 N–H and O–H groups in total. The van der Waals surface area contributed by atoms with Gasteiger partial charge in [-0.2, -0.15) is 0 Å². The van der Waals surface area contributed by atoms with E-state index < -0.39 is 0 Å². The molecule has 1 aromatic carbocycles. The zero-order valence-corrected chi connectivity index (χ0v) is 13.1. The van der Waals surface area contributed by atoms with Gasteiger partial charge in [0, 0.05) is 29.4 Å². The van der Waals surface area contributed by atoms with Gasteiger partial charge in [0.05, 0.1) is 0 Å². The van der Waals surface area contributed by atoms with Crippen molar-refractivity contribution in [2.75, 3.05) is 18.0 Å². The molecule has 0 aliphatic carbocycles. The van der Waals surface area contributed by atoms with Crippen molar-refractivity contribution in [1.29, 1.82) is 5.41 Å². The number of hydrogen-bond donors (Lipinski definition) is 2. The van der Waals surface area contributed by atoms with Gasteiger partial charge in [-0.1, -0.05) is 25.4 Å². The Kier molecular flexibility index (Phi) is 4.92. The van der Waals surface area contributed by atoms with Gasteiger partial charge in [-0.3, -0.25) is 5.41 Å².